The molecule has 132 valence electrons. The molecule has 0 aromatic heterocycles. The summed E-state index contributed by atoms with van der Waals surface area (Å²) >= 11 is 0. The summed E-state index contributed by atoms with van der Waals surface area (Å²) in [6.45, 7) is 3.43. The molecule has 4 nitrogen and oxygen atoms in total. The number of hydrogen-bond acceptors (Lipinski definition) is 2. The third kappa shape index (κ3) is 17.4. The Morgan fingerprint density at radius 1 is 0.864 bits per heavy atom. The Labute approximate surface area is 137 Å². The molecule has 0 aliphatic heterocycles. The van der Waals surface area contributed by atoms with E-state index in [4.69, 9.17) is 0 Å². The van der Waals surface area contributed by atoms with Crippen molar-refractivity contribution in [2.75, 3.05) is 27.2 Å². The lowest BCUT2D eigenvalue weighted by atomic mass is 10.1. The van der Waals surface area contributed by atoms with E-state index in [9.17, 15) is 10.0 Å². The van der Waals surface area contributed by atoms with Crippen LogP contribution in [0.4, 0.5) is 0 Å². The van der Waals surface area contributed by atoms with Crippen molar-refractivity contribution in [3.63, 3.8) is 0 Å². The van der Waals surface area contributed by atoms with Crippen molar-refractivity contribution in [1.29, 1.82) is 0 Å². The minimum Gasteiger partial charge on any atom is -0.633 e. The van der Waals surface area contributed by atoms with Crippen LogP contribution in [0.2, 0.25) is 0 Å². The standard InChI is InChI=1S/C18H38N2O2/c1-4-5-6-7-8-9-10-11-12-13-15-18(21)19-16-14-17-20(2,3)22/h4-17H2,1-3H3,(H,19,21). The van der Waals surface area contributed by atoms with Crippen LogP contribution < -0.4 is 5.32 Å². The second kappa shape index (κ2) is 14.0. The smallest absolute Gasteiger partial charge is 0.219 e. The summed E-state index contributed by atoms with van der Waals surface area (Å²) in [7, 11) is 3.26. The largest absolute Gasteiger partial charge is 0.633 e. The van der Waals surface area contributed by atoms with Crippen LogP contribution in [-0.4, -0.2) is 37.7 Å². The summed E-state index contributed by atoms with van der Waals surface area (Å²) in [4.78, 5) is 11.6. The van der Waals surface area contributed by atoms with E-state index in [2.05, 4.69) is 12.2 Å². The second-order valence-corrected chi connectivity index (χ2v) is 6.93. The van der Waals surface area contributed by atoms with Crippen molar-refractivity contribution in [1.82, 2.24) is 5.32 Å². The van der Waals surface area contributed by atoms with Crippen LogP contribution in [0.15, 0.2) is 0 Å². The van der Waals surface area contributed by atoms with Gasteiger partial charge in [0.2, 0.25) is 5.91 Å². The highest BCUT2D eigenvalue weighted by molar-refractivity contribution is 5.75. The van der Waals surface area contributed by atoms with E-state index in [0.717, 1.165) is 19.3 Å². The molecule has 0 bridgehead atoms. The Morgan fingerprint density at radius 3 is 1.86 bits per heavy atom. The second-order valence-electron chi connectivity index (χ2n) is 6.93. The number of nitrogens with one attached hydrogen (secondary N) is 1. The highest BCUT2D eigenvalue weighted by Crippen LogP contribution is 2.11. The lowest BCUT2D eigenvalue weighted by Crippen LogP contribution is -2.35. The topological polar surface area (TPSA) is 52.2 Å². The summed E-state index contributed by atoms with van der Waals surface area (Å²) in [5, 5.41) is 14.2. The van der Waals surface area contributed by atoms with Gasteiger partial charge < -0.3 is 15.2 Å². The zero-order chi connectivity index (χ0) is 16.7. The van der Waals surface area contributed by atoms with E-state index in [-0.39, 0.29) is 10.6 Å². The first-order valence-electron chi connectivity index (χ1n) is 9.26. The van der Waals surface area contributed by atoms with E-state index < -0.39 is 0 Å². The monoisotopic (exact) mass is 314 g/mol. The van der Waals surface area contributed by atoms with Crippen LogP contribution in [0.3, 0.4) is 0 Å². The Bertz CT molecular complexity index is 262. The van der Waals surface area contributed by atoms with Crippen LogP contribution >= 0.6 is 0 Å². The third-order valence-electron chi connectivity index (χ3n) is 3.95. The molecule has 0 aliphatic rings. The number of quaternary nitrogens is 1. The Kier molecular flexibility index (Phi) is 13.6. The first-order valence-corrected chi connectivity index (χ1v) is 9.26. The minimum atomic E-state index is -0.283. The molecule has 0 saturated carbocycles. The minimum absolute atomic E-state index is 0.135. The molecular formula is C18H38N2O2. The number of hydroxylamine groups is 3. The molecule has 0 aliphatic carbocycles. The normalized spacial score (nSPS) is 11.6. The number of rotatable bonds is 15. The maximum atomic E-state index is 11.6. The number of carbonyl (C=O) groups excluding carboxylic acids is 1. The third-order valence-corrected chi connectivity index (χ3v) is 3.95. The SMILES string of the molecule is CCCCCCCCCCCCC(=O)NCCC[N+](C)(C)[O-]. The van der Waals surface area contributed by atoms with E-state index in [1.54, 1.807) is 14.1 Å². The predicted molar refractivity (Wildman–Crippen MR) is 94.4 cm³/mol. The number of hydrogen-bond donors (Lipinski definition) is 1. The Hall–Kier alpha value is -0.610. The molecule has 0 saturated heterocycles. The van der Waals surface area contributed by atoms with E-state index in [1.807, 2.05) is 0 Å². The van der Waals surface area contributed by atoms with Crippen molar-refractivity contribution >= 4 is 5.91 Å². The molecule has 0 spiro atoms. The van der Waals surface area contributed by atoms with Crippen molar-refractivity contribution < 1.29 is 9.44 Å². The average molecular weight is 315 g/mol. The number of unbranched alkanes of at least 4 members (excludes halogenated alkanes) is 9. The van der Waals surface area contributed by atoms with Crippen molar-refractivity contribution in [2.24, 2.45) is 0 Å². The van der Waals surface area contributed by atoms with Gasteiger partial charge in [0.25, 0.3) is 0 Å². The van der Waals surface area contributed by atoms with Crippen LogP contribution in [0.5, 0.6) is 0 Å². The quantitative estimate of drug-likeness (QED) is 0.277. The van der Waals surface area contributed by atoms with E-state index in [0.29, 0.717) is 19.5 Å². The van der Waals surface area contributed by atoms with Crippen molar-refractivity contribution in [3.05, 3.63) is 5.21 Å². The van der Waals surface area contributed by atoms with E-state index >= 15 is 0 Å². The Morgan fingerprint density at radius 2 is 1.36 bits per heavy atom. The maximum absolute atomic E-state index is 11.6. The highest BCUT2D eigenvalue weighted by atomic mass is 16.5. The highest BCUT2D eigenvalue weighted by Gasteiger charge is 2.03. The predicted octanol–water partition coefficient (Wildman–Crippen LogP) is 4.38. The fourth-order valence-electron chi connectivity index (χ4n) is 2.55. The molecule has 4 heteroatoms. The fraction of sp³-hybridized carbons (Fsp3) is 0.944. The lowest BCUT2D eigenvalue weighted by molar-refractivity contribution is -0.840. The van der Waals surface area contributed by atoms with Gasteiger partial charge in [-0.2, -0.15) is 0 Å². The van der Waals surface area contributed by atoms with Crippen molar-refractivity contribution in [2.45, 2.75) is 84.0 Å². The molecule has 0 fully saturated rings. The number of carbonyl (C=O) groups is 1. The van der Waals surface area contributed by atoms with Gasteiger partial charge in [-0.15, -0.1) is 0 Å². The lowest BCUT2D eigenvalue weighted by Gasteiger charge is -2.33. The molecule has 0 aromatic carbocycles. The molecule has 0 aromatic rings. The summed E-state index contributed by atoms with van der Waals surface area (Å²) < 4.78 is -0.283. The average Bonchev–Trinajstić information content (AvgIpc) is 2.44. The van der Waals surface area contributed by atoms with Gasteiger partial charge in [0.05, 0.1) is 20.6 Å². The molecule has 0 unspecified atom stereocenters. The maximum Gasteiger partial charge on any atom is 0.219 e. The number of amides is 1. The van der Waals surface area contributed by atoms with Gasteiger partial charge >= 0.3 is 0 Å². The van der Waals surface area contributed by atoms with Gasteiger partial charge in [-0.25, -0.2) is 0 Å². The van der Waals surface area contributed by atoms with E-state index in [1.165, 1.54) is 51.4 Å². The van der Waals surface area contributed by atoms with Crippen LogP contribution in [0, 0.1) is 5.21 Å². The summed E-state index contributed by atoms with van der Waals surface area (Å²) in [6, 6.07) is 0. The molecule has 0 heterocycles. The Balaban J connectivity index is 3.22. The van der Waals surface area contributed by atoms with Crippen LogP contribution in [0.1, 0.15) is 84.0 Å². The van der Waals surface area contributed by atoms with Gasteiger partial charge in [0.1, 0.15) is 0 Å². The van der Waals surface area contributed by atoms with Gasteiger partial charge in [-0.1, -0.05) is 64.7 Å². The molecule has 22 heavy (non-hydrogen) atoms. The van der Waals surface area contributed by atoms with Gasteiger partial charge in [0, 0.05) is 19.4 Å². The number of nitrogens with zero attached hydrogens (tertiary/aromatic N) is 1. The van der Waals surface area contributed by atoms with Gasteiger partial charge in [-0.3, -0.25) is 4.79 Å². The zero-order valence-electron chi connectivity index (χ0n) is 15.2. The first kappa shape index (κ1) is 21.4. The molecule has 1 N–H and O–H groups in total. The van der Waals surface area contributed by atoms with Crippen molar-refractivity contribution in [3.8, 4) is 0 Å². The van der Waals surface area contributed by atoms with Gasteiger partial charge in [0.15, 0.2) is 0 Å². The summed E-state index contributed by atoms with van der Waals surface area (Å²) in [5.74, 6) is 0.135. The molecule has 0 atom stereocenters. The fourth-order valence-corrected chi connectivity index (χ4v) is 2.55. The molecule has 0 radical (unpaired) electrons. The summed E-state index contributed by atoms with van der Waals surface area (Å²) in [6.07, 6.45) is 14.3. The molecule has 1 amide bonds. The molecular weight excluding hydrogens is 276 g/mol. The van der Waals surface area contributed by atoms with Crippen LogP contribution in [-0.2, 0) is 4.79 Å². The molecule has 0 rings (SSSR count). The van der Waals surface area contributed by atoms with Crippen LogP contribution in [0.25, 0.3) is 0 Å². The summed E-state index contributed by atoms with van der Waals surface area (Å²) in [5.41, 5.74) is 0. The first-order chi connectivity index (χ1) is 10.5. The zero-order valence-corrected chi connectivity index (χ0v) is 15.2. The van der Waals surface area contributed by atoms with Gasteiger partial charge in [-0.05, 0) is 6.42 Å².